The van der Waals surface area contributed by atoms with Crippen molar-refractivity contribution < 1.29 is 13.9 Å². The first kappa shape index (κ1) is 19.0. The number of anilines is 3. The Bertz CT molecular complexity index is 934. The number of rotatable bonds is 7. The topological polar surface area (TPSA) is 87.9 Å². The number of aliphatic hydroxyl groups excluding tert-OH is 1. The second-order valence-corrected chi connectivity index (χ2v) is 6.29. The smallest absolute Gasteiger partial charge is 0.229 e. The van der Waals surface area contributed by atoms with E-state index < -0.39 is 17.7 Å². The van der Waals surface area contributed by atoms with Gasteiger partial charge in [0.25, 0.3) is 0 Å². The van der Waals surface area contributed by atoms with Crippen molar-refractivity contribution in [3.8, 4) is 0 Å². The minimum Gasteiger partial charge on any atom is -0.391 e. The first-order valence-corrected chi connectivity index (χ1v) is 8.47. The Balaban J connectivity index is 1.70. The van der Waals surface area contributed by atoms with Crippen LogP contribution in [-0.4, -0.2) is 31.0 Å². The molecule has 27 heavy (non-hydrogen) atoms. The van der Waals surface area contributed by atoms with Crippen molar-refractivity contribution in [2.45, 2.75) is 26.1 Å². The zero-order valence-corrected chi connectivity index (χ0v) is 15.1. The van der Waals surface area contributed by atoms with Crippen LogP contribution in [0.5, 0.6) is 0 Å². The summed E-state index contributed by atoms with van der Waals surface area (Å²) >= 11 is 6.07. The molecule has 7 nitrogen and oxygen atoms in total. The molecule has 0 radical (unpaired) electrons. The number of halogens is 3. The number of nitrogens with zero attached hydrogens (tertiary/aromatic N) is 4. The van der Waals surface area contributed by atoms with Crippen LogP contribution < -0.4 is 10.6 Å². The third-order valence-corrected chi connectivity index (χ3v) is 3.84. The van der Waals surface area contributed by atoms with Crippen molar-refractivity contribution in [3.05, 3.63) is 59.0 Å². The Hall–Kier alpha value is -2.78. The largest absolute Gasteiger partial charge is 0.391 e. The minimum absolute atomic E-state index is 0.00604. The molecule has 0 aliphatic heterocycles. The van der Waals surface area contributed by atoms with E-state index in [1.165, 1.54) is 18.3 Å². The normalized spacial score (nSPS) is 12.0. The summed E-state index contributed by atoms with van der Waals surface area (Å²) in [5.74, 6) is -1.31. The van der Waals surface area contributed by atoms with Gasteiger partial charge in [-0.15, -0.1) is 0 Å². The van der Waals surface area contributed by atoms with E-state index in [0.29, 0.717) is 12.2 Å². The van der Waals surface area contributed by atoms with Crippen LogP contribution >= 0.6 is 11.6 Å². The molecule has 0 bridgehead atoms. The zero-order chi connectivity index (χ0) is 19.4. The fraction of sp³-hybridized carbons (Fsp3) is 0.235. The molecule has 0 aliphatic carbocycles. The van der Waals surface area contributed by atoms with E-state index >= 15 is 0 Å². The van der Waals surface area contributed by atoms with Crippen LogP contribution in [0.2, 0.25) is 5.02 Å². The van der Waals surface area contributed by atoms with Gasteiger partial charge in [0.2, 0.25) is 5.95 Å². The lowest BCUT2D eigenvalue weighted by Gasteiger charge is -2.10. The highest BCUT2D eigenvalue weighted by Gasteiger charge is 2.11. The van der Waals surface area contributed by atoms with Gasteiger partial charge in [-0.3, -0.25) is 4.68 Å². The number of benzene rings is 1. The molecule has 0 aliphatic rings. The molecular weight excluding hydrogens is 378 g/mol. The molecule has 3 N–H and O–H groups in total. The lowest BCUT2D eigenvalue weighted by atomic mass is 10.2. The molecule has 142 valence electrons. The number of nitrogens with one attached hydrogen (secondary N) is 2. The lowest BCUT2D eigenvalue weighted by molar-refractivity contribution is 0.168. The standard InChI is InChI=1S/C17H17ClF2N6O/c1-10(27)8-26-9-12(6-23-26)24-17-22-7-13(18)16(25-17)21-5-11-3-2-4-14(19)15(11)20/h2-4,6-7,9-10,27H,5,8H2,1H3,(H2,21,22,24,25). The molecule has 2 aromatic heterocycles. The van der Waals surface area contributed by atoms with Gasteiger partial charge in [0.15, 0.2) is 17.5 Å². The van der Waals surface area contributed by atoms with E-state index in [9.17, 15) is 13.9 Å². The van der Waals surface area contributed by atoms with Gasteiger partial charge < -0.3 is 15.7 Å². The molecule has 3 rings (SSSR count). The van der Waals surface area contributed by atoms with E-state index in [4.69, 9.17) is 11.6 Å². The molecular formula is C17H17ClF2N6O. The predicted molar refractivity (Wildman–Crippen MR) is 97.9 cm³/mol. The molecule has 2 heterocycles. The highest BCUT2D eigenvalue weighted by atomic mass is 35.5. The maximum Gasteiger partial charge on any atom is 0.229 e. The van der Waals surface area contributed by atoms with Crippen molar-refractivity contribution in [1.82, 2.24) is 19.7 Å². The van der Waals surface area contributed by atoms with Gasteiger partial charge in [-0.25, -0.2) is 13.8 Å². The van der Waals surface area contributed by atoms with E-state index in [-0.39, 0.29) is 28.9 Å². The van der Waals surface area contributed by atoms with Crippen LogP contribution in [0.1, 0.15) is 12.5 Å². The number of aliphatic hydroxyl groups is 1. The molecule has 1 atom stereocenters. The first-order valence-electron chi connectivity index (χ1n) is 8.09. The predicted octanol–water partition coefficient (Wildman–Crippen LogP) is 3.34. The van der Waals surface area contributed by atoms with Crippen LogP contribution in [0, 0.1) is 11.6 Å². The highest BCUT2D eigenvalue weighted by molar-refractivity contribution is 6.32. The van der Waals surface area contributed by atoms with E-state index in [0.717, 1.165) is 6.07 Å². The fourth-order valence-electron chi connectivity index (χ4n) is 2.34. The second kappa shape index (κ2) is 8.28. The van der Waals surface area contributed by atoms with E-state index in [1.54, 1.807) is 24.0 Å². The maximum absolute atomic E-state index is 13.7. The van der Waals surface area contributed by atoms with Crippen molar-refractivity contribution in [3.63, 3.8) is 0 Å². The molecule has 1 aromatic carbocycles. The fourth-order valence-corrected chi connectivity index (χ4v) is 2.50. The second-order valence-electron chi connectivity index (χ2n) is 5.88. The number of aromatic nitrogens is 4. The van der Waals surface area contributed by atoms with Crippen LogP contribution in [0.25, 0.3) is 0 Å². The van der Waals surface area contributed by atoms with Crippen LogP contribution in [0.15, 0.2) is 36.8 Å². The Morgan fingerprint density at radius 2 is 2.11 bits per heavy atom. The minimum atomic E-state index is -0.918. The van der Waals surface area contributed by atoms with Crippen molar-refractivity contribution in [2.75, 3.05) is 10.6 Å². The summed E-state index contributed by atoms with van der Waals surface area (Å²) < 4.78 is 28.6. The molecule has 0 fully saturated rings. The van der Waals surface area contributed by atoms with Gasteiger partial charge in [0, 0.05) is 18.3 Å². The first-order chi connectivity index (χ1) is 12.9. The average molecular weight is 395 g/mol. The van der Waals surface area contributed by atoms with Gasteiger partial charge in [-0.05, 0) is 13.0 Å². The van der Waals surface area contributed by atoms with Crippen molar-refractivity contribution in [2.24, 2.45) is 0 Å². The van der Waals surface area contributed by atoms with Gasteiger partial charge in [0.1, 0.15) is 5.02 Å². The summed E-state index contributed by atoms with van der Waals surface area (Å²) in [5.41, 5.74) is 0.777. The van der Waals surface area contributed by atoms with Gasteiger partial charge in [0.05, 0.1) is 30.7 Å². The molecule has 1 unspecified atom stereocenters. The Morgan fingerprint density at radius 1 is 1.30 bits per heavy atom. The van der Waals surface area contributed by atoms with Crippen LogP contribution in [0.3, 0.4) is 0 Å². The van der Waals surface area contributed by atoms with Gasteiger partial charge in [-0.1, -0.05) is 23.7 Å². The average Bonchev–Trinajstić information content (AvgIpc) is 3.04. The third kappa shape index (κ3) is 4.89. The van der Waals surface area contributed by atoms with Gasteiger partial charge >= 0.3 is 0 Å². The molecule has 10 heteroatoms. The number of hydrogen-bond donors (Lipinski definition) is 3. The third-order valence-electron chi connectivity index (χ3n) is 3.56. The quantitative estimate of drug-likeness (QED) is 0.569. The van der Waals surface area contributed by atoms with Gasteiger partial charge in [-0.2, -0.15) is 10.1 Å². The summed E-state index contributed by atoms with van der Waals surface area (Å²) in [4.78, 5) is 8.31. The lowest BCUT2D eigenvalue weighted by Crippen LogP contribution is -2.11. The highest BCUT2D eigenvalue weighted by Crippen LogP contribution is 2.22. The maximum atomic E-state index is 13.7. The summed E-state index contributed by atoms with van der Waals surface area (Å²) in [6, 6.07) is 3.95. The molecule has 0 saturated heterocycles. The number of hydrogen-bond acceptors (Lipinski definition) is 6. The Morgan fingerprint density at radius 3 is 2.89 bits per heavy atom. The molecule has 0 saturated carbocycles. The van der Waals surface area contributed by atoms with Crippen LogP contribution in [-0.2, 0) is 13.1 Å². The summed E-state index contributed by atoms with van der Waals surface area (Å²) in [6.07, 6.45) is 4.13. The van der Waals surface area contributed by atoms with E-state index in [1.807, 2.05) is 0 Å². The van der Waals surface area contributed by atoms with E-state index in [2.05, 4.69) is 25.7 Å². The summed E-state index contributed by atoms with van der Waals surface area (Å²) in [5, 5.41) is 19.6. The SMILES string of the molecule is CC(O)Cn1cc(Nc2ncc(Cl)c(NCc3cccc(F)c3F)n2)cn1. The Labute approximate surface area is 159 Å². The molecule has 3 aromatic rings. The van der Waals surface area contributed by atoms with Crippen molar-refractivity contribution >= 4 is 29.1 Å². The van der Waals surface area contributed by atoms with Crippen LogP contribution in [0.4, 0.5) is 26.2 Å². The summed E-state index contributed by atoms with van der Waals surface area (Å²) in [7, 11) is 0. The zero-order valence-electron chi connectivity index (χ0n) is 14.3. The monoisotopic (exact) mass is 394 g/mol. The molecule has 0 amide bonds. The van der Waals surface area contributed by atoms with Crippen molar-refractivity contribution in [1.29, 1.82) is 0 Å². The Kier molecular flexibility index (Phi) is 5.82. The molecule has 0 spiro atoms. The summed E-state index contributed by atoms with van der Waals surface area (Å²) in [6.45, 7) is 2.03.